The second-order valence-electron chi connectivity index (χ2n) is 4.50. The molecular formula is C13H17NO2S. The van der Waals surface area contributed by atoms with Crippen LogP contribution in [-0.2, 0) is 0 Å². The maximum Gasteiger partial charge on any atom is 0.162 e. The topological polar surface area (TPSA) is 44.5 Å². The van der Waals surface area contributed by atoms with E-state index in [0.717, 1.165) is 17.9 Å². The first-order valence-electron chi connectivity index (χ1n) is 6.15. The highest BCUT2D eigenvalue weighted by atomic mass is 32.2. The number of rotatable bonds is 2. The van der Waals surface area contributed by atoms with Crippen molar-refractivity contribution < 1.29 is 9.47 Å². The zero-order valence-corrected chi connectivity index (χ0v) is 10.8. The van der Waals surface area contributed by atoms with Gasteiger partial charge in [0.2, 0.25) is 0 Å². The van der Waals surface area contributed by atoms with E-state index in [1.807, 2.05) is 11.8 Å². The summed E-state index contributed by atoms with van der Waals surface area (Å²) in [6, 6.07) is 4.28. The predicted molar refractivity (Wildman–Crippen MR) is 68.9 cm³/mol. The number of hydrogen-bond donors (Lipinski definition) is 1. The van der Waals surface area contributed by atoms with E-state index < -0.39 is 0 Å². The van der Waals surface area contributed by atoms with E-state index in [1.54, 1.807) is 0 Å². The quantitative estimate of drug-likeness (QED) is 0.877. The molecule has 2 atom stereocenters. The molecule has 0 radical (unpaired) electrons. The van der Waals surface area contributed by atoms with Gasteiger partial charge in [0.15, 0.2) is 11.5 Å². The predicted octanol–water partition coefficient (Wildman–Crippen LogP) is 2.73. The summed E-state index contributed by atoms with van der Waals surface area (Å²) >= 11 is 1.88. The van der Waals surface area contributed by atoms with Crippen LogP contribution >= 0.6 is 11.8 Å². The molecular weight excluding hydrogens is 234 g/mol. The van der Waals surface area contributed by atoms with Crippen molar-refractivity contribution in [1.82, 2.24) is 0 Å². The molecule has 0 spiro atoms. The van der Waals surface area contributed by atoms with Crippen molar-refractivity contribution >= 4 is 11.8 Å². The van der Waals surface area contributed by atoms with Crippen LogP contribution in [0.25, 0.3) is 0 Å². The molecule has 17 heavy (non-hydrogen) atoms. The second kappa shape index (κ2) is 4.42. The molecule has 2 aliphatic rings. The number of fused-ring (bicyclic) bond motifs is 2. The van der Waals surface area contributed by atoms with Gasteiger partial charge in [-0.1, -0.05) is 13.3 Å². The monoisotopic (exact) mass is 251 g/mol. The van der Waals surface area contributed by atoms with Crippen molar-refractivity contribution in [2.45, 2.75) is 36.0 Å². The molecule has 2 heterocycles. The van der Waals surface area contributed by atoms with Crippen LogP contribution in [0.4, 0.5) is 0 Å². The highest BCUT2D eigenvalue weighted by Gasteiger charge is 2.32. The second-order valence-corrected chi connectivity index (χ2v) is 5.79. The fraction of sp³-hybridized carbons (Fsp3) is 0.538. The summed E-state index contributed by atoms with van der Waals surface area (Å²) in [5.41, 5.74) is 7.51. The fourth-order valence-corrected chi connectivity index (χ4v) is 3.89. The molecule has 2 unspecified atom stereocenters. The van der Waals surface area contributed by atoms with Crippen LogP contribution in [-0.4, -0.2) is 18.5 Å². The summed E-state index contributed by atoms with van der Waals surface area (Å²) in [6.45, 7) is 3.47. The van der Waals surface area contributed by atoms with E-state index in [2.05, 4.69) is 19.1 Å². The van der Waals surface area contributed by atoms with Gasteiger partial charge in [0.1, 0.15) is 13.2 Å². The molecule has 0 aliphatic carbocycles. The number of nitrogens with two attached hydrogens (primary N) is 1. The van der Waals surface area contributed by atoms with Crippen LogP contribution in [0.3, 0.4) is 0 Å². The van der Waals surface area contributed by atoms with Crippen molar-refractivity contribution in [2.24, 2.45) is 5.73 Å². The minimum absolute atomic E-state index is 0.130. The average molecular weight is 251 g/mol. The van der Waals surface area contributed by atoms with Crippen LogP contribution in [0.1, 0.15) is 31.4 Å². The van der Waals surface area contributed by atoms with E-state index in [-0.39, 0.29) is 6.04 Å². The lowest BCUT2D eigenvalue weighted by atomic mass is 10.0. The zero-order valence-electron chi connectivity index (χ0n) is 9.94. The van der Waals surface area contributed by atoms with Gasteiger partial charge in [-0.25, -0.2) is 0 Å². The Balaban J connectivity index is 1.94. The third kappa shape index (κ3) is 1.89. The van der Waals surface area contributed by atoms with Crippen LogP contribution in [0.5, 0.6) is 11.5 Å². The first-order chi connectivity index (χ1) is 8.29. The Bertz CT molecular complexity index is 436. The third-order valence-electron chi connectivity index (χ3n) is 3.29. The number of thioether (sulfide) groups is 1. The van der Waals surface area contributed by atoms with Crippen LogP contribution in [0.15, 0.2) is 17.0 Å². The van der Waals surface area contributed by atoms with E-state index in [4.69, 9.17) is 15.2 Å². The minimum atomic E-state index is 0.130. The Morgan fingerprint density at radius 2 is 2.00 bits per heavy atom. The standard InChI is InChI=1S/C13H17NO2S/c1-2-3-11-13(14)8-6-9-10(7-12(8)17-11)16-5-4-15-9/h6-7,11,13H,2-5,14H2,1H3. The fourth-order valence-electron chi connectivity index (χ4n) is 2.41. The summed E-state index contributed by atoms with van der Waals surface area (Å²) < 4.78 is 11.2. The Morgan fingerprint density at radius 1 is 1.29 bits per heavy atom. The Kier molecular flexibility index (Phi) is 2.92. The maximum atomic E-state index is 6.29. The van der Waals surface area contributed by atoms with Gasteiger partial charge in [0.25, 0.3) is 0 Å². The average Bonchev–Trinajstić information content (AvgIpc) is 2.64. The number of benzene rings is 1. The lowest BCUT2D eigenvalue weighted by molar-refractivity contribution is 0.171. The zero-order chi connectivity index (χ0) is 11.8. The Hall–Kier alpha value is -0.870. The van der Waals surface area contributed by atoms with Crippen LogP contribution in [0, 0.1) is 0 Å². The molecule has 4 heteroatoms. The van der Waals surface area contributed by atoms with Gasteiger partial charge in [-0.3, -0.25) is 0 Å². The third-order valence-corrected chi connectivity index (χ3v) is 4.72. The Morgan fingerprint density at radius 3 is 2.71 bits per heavy atom. The summed E-state index contributed by atoms with van der Waals surface area (Å²) in [5, 5.41) is 0.499. The van der Waals surface area contributed by atoms with Crippen LogP contribution < -0.4 is 15.2 Å². The highest BCUT2D eigenvalue weighted by molar-refractivity contribution is 8.00. The van der Waals surface area contributed by atoms with E-state index in [1.165, 1.54) is 16.9 Å². The van der Waals surface area contributed by atoms with Crippen molar-refractivity contribution in [1.29, 1.82) is 0 Å². The molecule has 3 rings (SSSR count). The molecule has 0 saturated heterocycles. The summed E-state index contributed by atoms with van der Waals surface area (Å²) in [4.78, 5) is 1.26. The van der Waals surface area contributed by atoms with Gasteiger partial charge >= 0.3 is 0 Å². The van der Waals surface area contributed by atoms with Gasteiger partial charge < -0.3 is 15.2 Å². The lowest BCUT2D eigenvalue weighted by Gasteiger charge is -2.19. The van der Waals surface area contributed by atoms with Gasteiger partial charge in [-0.2, -0.15) is 0 Å². The first-order valence-corrected chi connectivity index (χ1v) is 7.03. The SMILES string of the molecule is CCCC1Sc2cc3c(cc2C1N)OCCO3. The molecule has 0 saturated carbocycles. The van der Waals surface area contributed by atoms with E-state index in [9.17, 15) is 0 Å². The summed E-state index contributed by atoms with van der Waals surface area (Å²) in [7, 11) is 0. The molecule has 92 valence electrons. The summed E-state index contributed by atoms with van der Waals surface area (Å²) in [6.07, 6.45) is 2.33. The van der Waals surface area contributed by atoms with Gasteiger partial charge in [-0.15, -0.1) is 11.8 Å². The summed E-state index contributed by atoms with van der Waals surface area (Å²) in [5.74, 6) is 1.72. The molecule has 1 aromatic rings. The molecule has 0 aromatic heterocycles. The largest absolute Gasteiger partial charge is 0.486 e. The molecule has 1 aromatic carbocycles. The van der Waals surface area contributed by atoms with Crippen molar-refractivity contribution in [2.75, 3.05) is 13.2 Å². The lowest BCUT2D eigenvalue weighted by Crippen LogP contribution is -2.19. The van der Waals surface area contributed by atoms with E-state index >= 15 is 0 Å². The highest BCUT2D eigenvalue weighted by Crippen LogP contribution is 2.49. The minimum Gasteiger partial charge on any atom is -0.486 e. The Labute approximate surface area is 106 Å². The van der Waals surface area contributed by atoms with Gasteiger partial charge in [0, 0.05) is 16.2 Å². The molecule has 2 N–H and O–H groups in total. The van der Waals surface area contributed by atoms with Crippen LogP contribution in [0.2, 0.25) is 0 Å². The van der Waals surface area contributed by atoms with Crippen molar-refractivity contribution in [3.63, 3.8) is 0 Å². The van der Waals surface area contributed by atoms with E-state index in [0.29, 0.717) is 18.5 Å². The maximum absolute atomic E-state index is 6.29. The normalized spacial score (nSPS) is 25.8. The molecule has 0 fully saturated rings. The van der Waals surface area contributed by atoms with Gasteiger partial charge in [-0.05, 0) is 24.1 Å². The molecule has 3 nitrogen and oxygen atoms in total. The smallest absolute Gasteiger partial charge is 0.162 e. The first kappa shape index (κ1) is 11.2. The molecule has 0 bridgehead atoms. The number of hydrogen-bond acceptors (Lipinski definition) is 4. The number of ether oxygens (including phenoxy) is 2. The van der Waals surface area contributed by atoms with Gasteiger partial charge in [0.05, 0.1) is 0 Å². The molecule has 0 amide bonds. The van der Waals surface area contributed by atoms with Crippen molar-refractivity contribution in [3.8, 4) is 11.5 Å². The molecule has 2 aliphatic heterocycles. The van der Waals surface area contributed by atoms with Crippen molar-refractivity contribution in [3.05, 3.63) is 17.7 Å².